The normalized spacial score (nSPS) is 31.0. The van der Waals surface area contributed by atoms with Crippen LogP contribution in [-0.4, -0.2) is 37.5 Å². The van der Waals surface area contributed by atoms with Gasteiger partial charge >= 0.3 is 5.97 Å². The summed E-state index contributed by atoms with van der Waals surface area (Å²) in [7, 11) is 0. The Labute approximate surface area is 137 Å². The van der Waals surface area contributed by atoms with Gasteiger partial charge in [0.2, 0.25) is 0 Å². The Morgan fingerprint density at radius 2 is 1.78 bits per heavy atom. The molecule has 1 aromatic carbocycles. The van der Waals surface area contributed by atoms with Gasteiger partial charge in [-0.05, 0) is 42.9 Å². The van der Waals surface area contributed by atoms with Crippen molar-refractivity contribution in [2.75, 3.05) is 13.2 Å². The van der Waals surface area contributed by atoms with E-state index in [0.29, 0.717) is 24.7 Å². The summed E-state index contributed by atoms with van der Waals surface area (Å²) >= 11 is 0. The van der Waals surface area contributed by atoms with Gasteiger partial charge < -0.3 is 14.2 Å². The van der Waals surface area contributed by atoms with Crippen molar-refractivity contribution in [1.29, 1.82) is 0 Å². The second kappa shape index (κ2) is 6.62. The van der Waals surface area contributed by atoms with Crippen molar-refractivity contribution in [2.45, 2.75) is 62.8 Å². The minimum absolute atomic E-state index is 0.0829. The molecule has 3 aliphatic rings. The highest BCUT2D eigenvalue weighted by Gasteiger charge is 2.44. The average Bonchev–Trinajstić information content (AvgIpc) is 3.21. The Balaban J connectivity index is 1.38. The Morgan fingerprint density at radius 1 is 1.00 bits per heavy atom. The number of esters is 1. The standard InChI is InChI=1S/C19H24O4/c20-19(23-17-12-22-16-10-11-21-18(16)17)15-8-6-14(7-9-15)13-4-2-1-3-5-13/h6-9,13,16-18H,1-5,10-12H2/t16-,17?,18?/m1/s1. The average molecular weight is 316 g/mol. The van der Waals surface area contributed by atoms with E-state index in [1.807, 2.05) is 12.1 Å². The molecule has 0 amide bonds. The van der Waals surface area contributed by atoms with Crippen LogP contribution >= 0.6 is 0 Å². The molecule has 0 spiro atoms. The number of benzene rings is 1. The van der Waals surface area contributed by atoms with Gasteiger partial charge in [-0.15, -0.1) is 0 Å². The third-order valence-electron chi connectivity index (χ3n) is 5.40. The zero-order chi connectivity index (χ0) is 15.6. The van der Waals surface area contributed by atoms with Crippen LogP contribution in [0.1, 0.15) is 60.4 Å². The van der Waals surface area contributed by atoms with Crippen molar-refractivity contribution < 1.29 is 19.0 Å². The van der Waals surface area contributed by atoms with Crippen LogP contribution < -0.4 is 0 Å². The van der Waals surface area contributed by atoms with Gasteiger partial charge in [0.15, 0.2) is 6.10 Å². The van der Waals surface area contributed by atoms with Gasteiger partial charge in [0.1, 0.15) is 6.10 Å². The molecule has 23 heavy (non-hydrogen) atoms. The van der Waals surface area contributed by atoms with E-state index >= 15 is 0 Å². The lowest BCUT2D eigenvalue weighted by molar-refractivity contribution is -0.0148. The first-order valence-electron chi connectivity index (χ1n) is 8.85. The molecular formula is C19H24O4. The van der Waals surface area contributed by atoms with E-state index in [1.165, 1.54) is 37.7 Å². The SMILES string of the molecule is O=C(OC1CO[C@@H]2CCOC12)c1ccc(C2CCCCC2)cc1. The lowest BCUT2D eigenvalue weighted by Gasteiger charge is -2.22. The Morgan fingerprint density at radius 3 is 2.57 bits per heavy atom. The van der Waals surface area contributed by atoms with Crippen LogP contribution in [0, 0.1) is 0 Å². The van der Waals surface area contributed by atoms with E-state index in [1.54, 1.807) is 0 Å². The number of rotatable bonds is 3. The highest BCUT2D eigenvalue weighted by atomic mass is 16.6. The predicted octanol–water partition coefficient (Wildman–Crippen LogP) is 3.45. The van der Waals surface area contributed by atoms with Gasteiger partial charge in [-0.1, -0.05) is 31.4 Å². The topological polar surface area (TPSA) is 44.8 Å². The zero-order valence-electron chi connectivity index (χ0n) is 13.4. The van der Waals surface area contributed by atoms with E-state index in [4.69, 9.17) is 14.2 Å². The Bertz CT molecular complexity index is 547. The molecule has 0 aromatic heterocycles. The Hall–Kier alpha value is -1.39. The molecule has 0 bridgehead atoms. The van der Waals surface area contributed by atoms with E-state index in [-0.39, 0.29) is 24.3 Å². The second-order valence-electron chi connectivity index (χ2n) is 6.90. The third kappa shape index (κ3) is 3.15. The summed E-state index contributed by atoms with van der Waals surface area (Å²) in [6.07, 6.45) is 7.17. The number of fused-ring (bicyclic) bond motifs is 1. The minimum atomic E-state index is -0.273. The van der Waals surface area contributed by atoms with E-state index in [0.717, 1.165) is 6.42 Å². The van der Waals surface area contributed by atoms with Crippen LogP contribution in [0.5, 0.6) is 0 Å². The van der Waals surface area contributed by atoms with Crippen molar-refractivity contribution in [3.8, 4) is 0 Å². The zero-order valence-corrected chi connectivity index (χ0v) is 13.4. The molecule has 4 rings (SSSR count). The molecule has 0 N–H and O–H groups in total. The van der Waals surface area contributed by atoms with Crippen LogP contribution in [0.25, 0.3) is 0 Å². The molecule has 1 saturated carbocycles. The maximum absolute atomic E-state index is 12.3. The fourth-order valence-electron chi connectivity index (χ4n) is 4.06. The summed E-state index contributed by atoms with van der Waals surface area (Å²) in [5, 5.41) is 0. The molecule has 2 saturated heterocycles. The maximum Gasteiger partial charge on any atom is 0.338 e. The number of carbonyl (C=O) groups excluding carboxylic acids is 1. The van der Waals surface area contributed by atoms with Crippen LogP contribution in [-0.2, 0) is 14.2 Å². The largest absolute Gasteiger partial charge is 0.453 e. The van der Waals surface area contributed by atoms with E-state index in [9.17, 15) is 4.79 Å². The van der Waals surface area contributed by atoms with E-state index < -0.39 is 0 Å². The smallest absolute Gasteiger partial charge is 0.338 e. The quantitative estimate of drug-likeness (QED) is 0.801. The van der Waals surface area contributed by atoms with Crippen LogP contribution in [0.3, 0.4) is 0 Å². The van der Waals surface area contributed by atoms with Gasteiger partial charge in [-0.3, -0.25) is 0 Å². The van der Waals surface area contributed by atoms with Gasteiger partial charge in [0, 0.05) is 6.61 Å². The van der Waals surface area contributed by atoms with Crippen LogP contribution in [0.2, 0.25) is 0 Å². The summed E-state index contributed by atoms with van der Waals surface area (Å²) in [6.45, 7) is 1.14. The number of hydrogen-bond donors (Lipinski definition) is 0. The highest BCUT2D eigenvalue weighted by Crippen LogP contribution is 2.33. The van der Waals surface area contributed by atoms with Crippen molar-refractivity contribution >= 4 is 5.97 Å². The van der Waals surface area contributed by atoms with Gasteiger partial charge in [-0.2, -0.15) is 0 Å². The summed E-state index contributed by atoms with van der Waals surface area (Å²) < 4.78 is 16.9. The fourth-order valence-corrected chi connectivity index (χ4v) is 4.06. The summed E-state index contributed by atoms with van der Waals surface area (Å²) in [5.41, 5.74) is 1.97. The predicted molar refractivity (Wildman–Crippen MR) is 85.6 cm³/mol. The summed E-state index contributed by atoms with van der Waals surface area (Å²) in [5.74, 6) is 0.384. The molecular weight excluding hydrogens is 292 g/mol. The van der Waals surface area contributed by atoms with E-state index in [2.05, 4.69) is 12.1 Å². The van der Waals surface area contributed by atoms with Gasteiger partial charge in [-0.25, -0.2) is 4.79 Å². The molecule has 2 aliphatic heterocycles. The number of hydrogen-bond acceptors (Lipinski definition) is 4. The highest BCUT2D eigenvalue weighted by molar-refractivity contribution is 5.89. The number of carbonyl (C=O) groups is 1. The maximum atomic E-state index is 12.3. The minimum Gasteiger partial charge on any atom is -0.453 e. The van der Waals surface area contributed by atoms with Gasteiger partial charge in [0.05, 0.1) is 18.3 Å². The lowest BCUT2D eigenvalue weighted by Crippen LogP contribution is -2.32. The molecule has 4 nitrogen and oxygen atoms in total. The van der Waals surface area contributed by atoms with Crippen molar-refractivity contribution in [1.82, 2.24) is 0 Å². The Kier molecular flexibility index (Phi) is 4.36. The molecule has 3 fully saturated rings. The molecule has 0 radical (unpaired) electrons. The van der Waals surface area contributed by atoms with Gasteiger partial charge in [0.25, 0.3) is 0 Å². The fraction of sp³-hybridized carbons (Fsp3) is 0.632. The number of ether oxygens (including phenoxy) is 3. The van der Waals surface area contributed by atoms with Crippen molar-refractivity contribution in [3.63, 3.8) is 0 Å². The lowest BCUT2D eigenvalue weighted by atomic mass is 9.84. The van der Waals surface area contributed by atoms with Crippen molar-refractivity contribution in [3.05, 3.63) is 35.4 Å². The molecule has 4 heteroatoms. The molecule has 1 aromatic rings. The van der Waals surface area contributed by atoms with Crippen molar-refractivity contribution in [2.24, 2.45) is 0 Å². The monoisotopic (exact) mass is 316 g/mol. The first kappa shape index (κ1) is 15.2. The molecule has 2 heterocycles. The first-order chi connectivity index (χ1) is 11.3. The molecule has 3 atom stereocenters. The summed E-state index contributed by atoms with van der Waals surface area (Å²) in [4.78, 5) is 12.3. The molecule has 2 unspecified atom stereocenters. The van der Waals surface area contributed by atoms with Crippen LogP contribution in [0.4, 0.5) is 0 Å². The second-order valence-corrected chi connectivity index (χ2v) is 6.90. The first-order valence-corrected chi connectivity index (χ1v) is 8.85. The van der Waals surface area contributed by atoms with Crippen LogP contribution in [0.15, 0.2) is 24.3 Å². The third-order valence-corrected chi connectivity index (χ3v) is 5.40. The molecule has 124 valence electrons. The molecule has 1 aliphatic carbocycles. The summed E-state index contributed by atoms with van der Waals surface area (Å²) in [6, 6.07) is 7.98.